The zero-order valence-corrected chi connectivity index (χ0v) is 16.6. The number of benzene rings is 2. The molecule has 0 aliphatic carbocycles. The Bertz CT molecular complexity index is 791. The monoisotopic (exact) mass is 395 g/mol. The van der Waals surface area contributed by atoms with Gasteiger partial charge in [0.25, 0.3) is 0 Å². The summed E-state index contributed by atoms with van der Waals surface area (Å²) in [5, 5.41) is 15.8. The van der Waals surface area contributed by atoms with Gasteiger partial charge in [-0.1, -0.05) is 42.5 Å². The number of aliphatic carboxylic acids is 1. The lowest BCUT2D eigenvalue weighted by molar-refractivity contribution is -0.137. The van der Waals surface area contributed by atoms with Crippen LogP contribution >= 0.6 is 0 Å². The first-order chi connectivity index (χ1) is 14.2. The van der Waals surface area contributed by atoms with Gasteiger partial charge in [-0.3, -0.25) is 9.79 Å². The normalized spacial score (nSPS) is 14.4. The molecule has 0 spiro atoms. The summed E-state index contributed by atoms with van der Waals surface area (Å²) in [6.45, 7) is 3.31. The number of nitrogens with zero attached hydrogens (tertiary/aromatic N) is 1. The molecule has 29 heavy (non-hydrogen) atoms. The van der Waals surface area contributed by atoms with Gasteiger partial charge in [-0.05, 0) is 48.4 Å². The van der Waals surface area contributed by atoms with Crippen molar-refractivity contribution in [2.45, 2.75) is 31.6 Å². The van der Waals surface area contributed by atoms with Crippen molar-refractivity contribution in [1.82, 2.24) is 10.6 Å². The zero-order valence-electron chi connectivity index (χ0n) is 16.6. The summed E-state index contributed by atoms with van der Waals surface area (Å²) in [6.07, 6.45) is 2.79. The van der Waals surface area contributed by atoms with Crippen molar-refractivity contribution >= 4 is 11.9 Å². The summed E-state index contributed by atoms with van der Waals surface area (Å²) in [5.41, 5.74) is 2.16. The molecule has 1 unspecified atom stereocenters. The maximum atomic E-state index is 11.3. The third-order valence-electron chi connectivity index (χ3n) is 4.88. The van der Waals surface area contributed by atoms with Gasteiger partial charge in [-0.15, -0.1) is 0 Å². The number of hydrogen-bond donors (Lipinski definition) is 3. The molecule has 2 aromatic rings. The van der Waals surface area contributed by atoms with Gasteiger partial charge < -0.3 is 20.5 Å². The molecule has 0 aromatic heterocycles. The quantitative estimate of drug-likeness (QED) is 0.538. The van der Waals surface area contributed by atoms with Gasteiger partial charge in [0, 0.05) is 19.6 Å². The van der Waals surface area contributed by atoms with Gasteiger partial charge in [0.1, 0.15) is 5.75 Å². The molecule has 1 heterocycles. The number of carboxylic acid groups (broad SMARTS) is 1. The van der Waals surface area contributed by atoms with Crippen LogP contribution in [0.25, 0.3) is 0 Å². The van der Waals surface area contributed by atoms with Crippen LogP contribution < -0.4 is 15.4 Å². The third-order valence-corrected chi connectivity index (χ3v) is 4.88. The first kappa shape index (κ1) is 20.7. The molecule has 0 radical (unpaired) electrons. The minimum Gasteiger partial charge on any atom is -0.494 e. The predicted octanol–water partition coefficient (Wildman–Crippen LogP) is 3.20. The molecule has 1 aliphatic rings. The minimum absolute atomic E-state index is 0.0390. The van der Waals surface area contributed by atoms with Crippen LogP contribution in [0.4, 0.5) is 0 Å². The highest BCUT2D eigenvalue weighted by Crippen LogP contribution is 2.25. The van der Waals surface area contributed by atoms with E-state index in [0.717, 1.165) is 55.3 Å². The van der Waals surface area contributed by atoms with E-state index in [1.807, 2.05) is 54.6 Å². The van der Waals surface area contributed by atoms with Crippen LogP contribution in [-0.2, 0) is 11.2 Å². The summed E-state index contributed by atoms with van der Waals surface area (Å²) < 4.78 is 5.81. The van der Waals surface area contributed by atoms with Crippen molar-refractivity contribution in [2.75, 3.05) is 26.2 Å². The van der Waals surface area contributed by atoms with Gasteiger partial charge in [0.2, 0.25) is 0 Å². The Morgan fingerprint density at radius 2 is 1.97 bits per heavy atom. The molecule has 2 aromatic carbocycles. The molecule has 1 aliphatic heterocycles. The van der Waals surface area contributed by atoms with E-state index in [-0.39, 0.29) is 12.3 Å². The summed E-state index contributed by atoms with van der Waals surface area (Å²) in [6, 6.07) is 17.8. The lowest BCUT2D eigenvalue weighted by Crippen LogP contribution is -2.41. The van der Waals surface area contributed by atoms with E-state index in [1.165, 1.54) is 0 Å². The lowest BCUT2D eigenvalue weighted by atomic mass is 9.89. The highest BCUT2D eigenvalue weighted by atomic mass is 16.5. The molecule has 0 fully saturated rings. The Kier molecular flexibility index (Phi) is 7.92. The van der Waals surface area contributed by atoms with E-state index in [2.05, 4.69) is 15.6 Å². The maximum absolute atomic E-state index is 11.3. The van der Waals surface area contributed by atoms with Crippen LogP contribution in [0, 0.1) is 0 Å². The van der Waals surface area contributed by atoms with Crippen LogP contribution in [-0.4, -0.2) is 43.3 Å². The second-order valence-corrected chi connectivity index (χ2v) is 7.19. The molecular weight excluding hydrogens is 366 g/mol. The van der Waals surface area contributed by atoms with E-state index in [9.17, 15) is 9.90 Å². The van der Waals surface area contributed by atoms with Gasteiger partial charge in [-0.2, -0.15) is 0 Å². The average molecular weight is 396 g/mol. The standard InChI is InChI=1S/C23H29N3O3/c27-22(28)17-20(19-6-2-1-3-7-19)16-18-8-10-21(11-9-18)29-15-5-14-26-23-24-12-4-13-25-23/h1-3,6-11,20H,4-5,12-17H2,(H,27,28)(H2,24,25,26). The van der Waals surface area contributed by atoms with E-state index in [1.54, 1.807) is 0 Å². The van der Waals surface area contributed by atoms with Gasteiger partial charge in [-0.25, -0.2) is 0 Å². The van der Waals surface area contributed by atoms with E-state index < -0.39 is 5.97 Å². The van der Waals surface area contributed by atoms with E-state index >= 15 is 0 Å². The number of carboxylic acids is 1. The maximum Gasteiger partial charge on any atom is 0.303 e. The number of carbonyl (C=O) groups is 1. The summed E-state index contributed by atoms with van der Waals surface area (Å²) >= 11 is 0. The summed E-state index contributed by atoms with van der Waals surface area (Å²) in [7, 11) is 0. The SMILES string of the molecule is O=C(O)CC(Cc1ccc(OCCCNC2=NCCCN2)cc1)c1ccccc1. The molecule has 3 N–H and O–H groups in total. The number of hydrogen-bond acceptors (Lipinski definition) is 5. The van der Waals surface area contributed by atoms with Crippen molar-refractivity contribution < 1.29 is 14.6 Å². The molecule has 0 saturated heterocycles. The molecular formula is C23H29N3O3. The fourth-order valence-electron chi connectivity index (χ4n) is 3.37. The average Bonchev–Trinajstić information content (AvgIpc) is 2.75. The molecule has 0 saturated carbocycles. The number of ether oxygens (including phenoxy) is 1. The highest BCUT2D eigenvalue weighted by molar-refractivity contribution is 5.80. The van der Waals surface area contributed by atoms with Crippen LogP contribution in [0.5, 0.6) is 5.75 Å². The Labute approximate surface area is 172 Å². The highest BCUT2D eigenvalue weighted by Gasteiger charge is 2.16. The number of rotatable bonds is 10. The zero-order chi connectivity index (χ0) is 20.3. The molecule has 0 bridgehead atoms. The van der Waals surface area contributed by atoms with Crippen LogP contribution in [0.3, 0.4) is 0 Å². The first-order valence-corrected chi connectivity index (χ1v) is 10.2. The summed E-state index contributed by atoms with van der Waals surface area (Å²) in [5.74, 6) is 0.899. The molecule has 1 atom stereocenters. The van der Waals surface area contributed by atoms with Gasteiger partial charge in [0.05, 0.1) is 13.0 Å². The largest absolute Gasteiger partial charge is 0.494 e. The Balaban J connectivity index is 1.44. The van der Waals surface area contributed by atoms with Gasteiger partial charge >= 0.3 is 5.97 Å². The van der Waals surface area contributed by atoms with Crippen LogP contribution in [0.2, 0.25) is 0 Å². The third kappa shape index (κ3) is 7.14. The number of guanidine groups is 1. The Hall–Kier alpha value is -3.02. The lowest BCUT2D eigenvalue weighted by Gasteiger charge is -2.16. The predicted molar refractivity (Wildman–Crippen MR) is 115 cm³/mol. The summed E-state index contributed by atoms with van der Waals surface area (Å²) in [4.78, 5) is 15.6. The number of aliphatic imine (C=N–C) groups is 1. The second-order valence-electron chi connectivity index (χ2n) is 7.19. The van der Waals surface area contributed by atoms with Crippen molar-refractivity contribution in [3.05, 3.63) is 65.7 Å². The molecule has 154 valence electrons. The molecule has 6 heteroatoms. The fraction of sp³-hybridized carbons (Fsp3) is 0.391. The van der Waals surface area contributed by atoms with Crippen molar-refractivity contribution in [2.24, 2.45) is 4.99 Å². The van der Waals surface area contributed by atoms with Crippen LogP contribution in [0.1, 0.15) is 36.3 Å². The van der Waals surface area contributed by atoms with Crippen molar-refractivity contribution in [3.63, 3.8) is 0 Å². The van der Waals surface area contributed by atoms with E-state index in [4.69, 9.17) is 4.74 Å². The van der Waals surface area contributed by atoms with E-state index in [0.29, 0.717) is 13.0 Å². The smallest absolute Gasteiger partial charge is 0.303 e. The fourth-order valence-corrected chi connectivity index (χ4v) is 3.37. The Morgan fingerprint density at radius 1 is 1.17 bits per heavy atom. The van der Waals surface area contributed by atoms with Crippen molar-refractivity contribution in [1.29, 1.82) is 0 Å². The first-order valence-electron chi connectivity index (χ1n) is 10.2. The molecule has 3 rings (SSSR count). The van der Waals surface area contributed by atoms with Crippen LogP contribution in [0.15, 0.2) is 59.6 Å². The number of nitrogens with one attached hydrogen (secondary N) is 2. The molecule has 6 nitrogen and oxygen atoms in total. The molecule has 0 amide bonds. The topological polar surface area (TPSA) is 83.0 Å². The second kappa shape index (κ2) is 11.1. The van der Waals surface area contributed by atoms with Gasteiger partial charge in [0.15, 0.2) is 5.96 Å². The minimum atomic E-state index is -0.776. The van der Waals surface area contributed by atoms with Crippen molar-refractivity contribution in [3.8, 4) is 5.75 Å². The Morgan fingerprint density at radius 3 is 2.66 bits per heavy atom.